The third-order valence-corrected chi connectivity index (χ3v) is 4.14. The van der Waals surface area contributed by atoms with Crippen molar-refractivity contribution in [3.63, 3.8) is 0 Å². The SMILES string of the molecule is O=C(NCCO)c1ccc(NC(=O)c2csc(Br)c2)cc1. The van der Waals surface area contributed by atoms with E-state index in [1.165, 1.54) is 11.3 Å². The maximum Gasteiger partial charge on any atom is 0.256 e. The minimum absolute atomic E-state index is 0.101. The third kappa shape index (κ3) is 4.38. The molecule has 110 valence electrons. The lowest BCUT2D eigenvalue weighted by Gasteiger charge is -2.06. The summed E-state index contributed by atoms with van der Waals surface area (Å²) < 4.78 is 0.892. The predicted molar refractivity (Wildman–Crippen MR) is 85.8 cm³/mol. The predicted octanol–water partition coefficient (Wildman–Crippen LogP) is 2.49. The van der Waals surface area contributed by atoms with Crippen LogP contribution in [0, 0.1) is 0 Å². The highest BCUT2D eigenvalue weighted by molar-refractivity contribution is 9.11. The summed E-state index contributed by atoms with van der Waals surface area (Å²) in [5.41, 5.74) is 1.66. The molecule has 0 aliphatic carbocycles. The van der Waals surface area contributed by atoms with Crippen molar-refractivity contribution < 1.29 is 14.7 Å². The summed E-state index contributed by atoms with van der Waals surface area (Å²) in [6, 6.07) is 8.30. The Balaban J connectivity index is 1.99. The Morgan fingerprint density at radius 1 is 1.14 bits per heavy atom. The average molecular weight is 369 g/mol. The van der Waals surface area contributed by atoms with E-state index in [1.807, 2.05) is 0 Å². The number of benzene rings is 1. The van der Waals surface area contributed by atoms with E-state index in [1.54, 1.807) is 35.7 Å². The molecule has 0 unspecified atom stereocenters. The van der Waals surface area contributed by atoms with Crippen LogP contribution in [0.5, 0.6) is 0 Å². The molecule has 0 aliphatic heterocycles. The van der Waals surface area contributed by atoms with E-state index < -0.39 is 0 Å². The van der Waals surface area contributed by atoms with Crippen LogP contribution in [-0.2, 0) is 0 Å². The molecule has 0 bridgehead atoms. The van der Waals surface area contributed by atoms with Gasteiger partial charge < -0.3 is 15.7 Å². The molecule has 7 heteroatoms. The van der Waals surface area contributed by atoms with Crippen LogP contribution < -0.4 is 10.6 Å². The van der Waals surface area contributed by atoms with Crippen LogP contribution in [0.3, 0.4) is 0 Å². The standard InChI is InChI=1S/C14H13BrN2O3S/c15-12-7-10(8-21-12)14(20)17-11-3-1-9(2-4-11)13(19)16-5-6-18/h1-4,7-8,18H,5-6H2,(H,16,19)(H,17,20). The summed E-state index contributed by atoms with van der Waals surface area (Å²) in [7, 11) is 0. The number of rotatable bonds is 5. The van der Waals surface area contributed by atoms with E-state index in [4.69, 9.17) is 5.11 Å². The van der Waals surface area contributed by atoms with Crippen LogP contribution in [0.4, 0.5) is 5.69 Å². The highest BCUT2D eigenvalue weighted by Crippen LogP contribution is 2.21. The Kier molecular flexibility index (Phi) is 5.49. The van der Waals surface area contributed by atoms with Crippen molar-refractivity contribution in [2.75, 3.05) is 18.5 Å². The number of hydrogen-bond acceptors (Lipinski definition) is 4. The lowest BCUT2D eigenvalue weighted by atomic mass is 10.2. The van der Waals surface area contributed by atoms with Crippen molar-refractivity contribution in [1.29, 1.82) is 0 Å². The second kappa shape index (κ2) is 7.35. The molecule has 2 rings (SSSR count). The van der Waals surface area contributed by atoms with E-state index in [9.17, 15) is 9.59 Å². The summed E-state index contributed by atoms with van der Waals surface area (Å²) in [6.07, 6.45) is 0. The van der Waals surface area contributed by atoms with Gasteiger partial charge in [0.1, 0.15) is 0 Å². The van der Waals surface area contributed by atoms with Gasteiger partial charge in [0, 0.05) is 23.2 Å². The van der Waals surface area contributed by atoms with Crippen LogP contribution in [0.1, 0.15) is 20.7 Å². The molecular weight excluding hydrogens is 356 g/mol. The maximum atomic E-state index is 12.0. The van der Waals surface area contributed by atoms with Gasteiger partial charge in [0.15, 0.2) is 0 Å². The molecule has 0 atom stereocenters. The topological polar surface area (TPSA) is 78.4 Å². The lowest BCUT2D eigenvalue weighted by Crippen LogP contribution is -2.26. The zero-order chi connectivity index (χ0) is 15.2. The van der Waals surface area contributed by atoms with Crippen molar-refractivity contribution >= 4 is 44.8 Å². The maximum absolute atomic E-state index is 12.0. The quantitative estimate of drug-likeness (QED) is 0.758. The number of anilines is 1. The molecule has 0 saturated heterocycles. The number of aliphatic hydroxyl groups is 1. The number of hydrogen-bond donors (Lipinski definition) is 3. The van der Waals surface area contributed by atoms with Crippen LogP contribution in [0.25, 0.3) is 0 Å². The molecule has 2 amide bonds. The number of aliphatic hydroxyl groups excluding tert-OH is 1. The lowest BCUT2D eigenvalue weighted by molar-refractivity contribution is 0.0944. The first kappa shape index (κ1) is 15.7. The summed E-state index contributed by atoms with van der Waals surface area (Å²) in [4.78, 5) is 23.6. The number of carbonyl (C=O) groups is 2. The fourth-order valence-corrected chi connectivity index (χ4v) is 2.75. The van der Waals surface area contributed by atoms with Gasteiger partial charge in [0.05, 0.1) is 16.0 Å². The van der Waals surface area contributed by atoms with E-state index in [0.717, 1.165) is 3.79 Å². The summed E-state index contributed by atoms with van der Waals surface area (Å²) in [5.74, 6) is -0.460. The molecular formula is C14H13BrN2O3S. The molecule has 0 radical (unpaired) electrons. The monoisotopic (exact) mass is 368 g/mol. The molecule has 3 N–H and O–H groups in total. The molecule has 0 fully saturated rings. The fourth-order valence-electron chi connectivity index (χ4n) is 1.61. The van der Waals surface area contributed by atoms with Crippen LogP contribution in [0.2, 0.25) is 0 Å². The molecule has 5 nitrogen and oxygen atoms in total. The van der Waals surface area contributed by atoms with Gasteiger partial charge in [-0.1, -0.05) is 0 Å². The van der Waals surface area contributed by atoms with Gasteiger partial charge in [-0.05, 0) is 46.3 Å². The van der Waals surface area contributed by atoms with Gasteiger partial charge in [-0.25, -0.2) is 0 Å². The smallest absolute Gasteiger partial charge is 0.256 e. The Morgan fingerprint density at radius 2 is 1.86 bits per heavy atom. The summed E-state index contributed by atoms with van der Waals surface area (Å²) >= 11 is 4.75. The van der Waals surface area contributed by atoms with Crippen molar-refractivity contribution in [2.24, 2.45) is 0 Å². The number of nitrogens with one attached hydrogen (secondary N) is 2. The molecule has 0 aliphatic rings. The number of carbonyl (C=O) groups excluding carboxylic acids is 2. The second-order valence-electron chi connectivity index (χ2n) is 4.15. The fraction of sp³-hybridized carbons (Fsp3) is 0.143. The Hall–Kier alpha value is -1.70. The van der Waals surface area contributed by atoms with Crippen LogP contribution >= 0.6 is 27.3 Å². The van der Waals surface area contributed by atoms with Gasteiger partial charge in [-0.2, -0.15) is 0 Å². The normalized spacial score (nSPS) is 10.2. The molecule has 0 saturated carbocycles. The Bertz CT molecular complexity index is 640. The second-order valence-corrected chi connectivity index (χ2v) is 6.44. The van der Waals surface area contributed by atoms with Crippen molar-refractivity contribution in [3.05, 3.63) is 50.6 Å². The molecule has 1 aromatic carbocycles. The number of halogens is 1. The van der Waals surface area contributed by atoms with E-state index in [-0.39, 0.29) is 25.0 Å². The minimum Gasteiger partial charge on any atom is -0.395 e. The van der Waals surface area contributed by atoms with Crippen LogP contribution in [0.15, 0.2) is 39.5 Å². The molecule has 1 aromatic heterocycles. The number of thiophene rings is 1. The van der Waals surface area contributed by atoms with Gasteiger partial charge in [-0.3, -0.25) is 9.59 Å². The van der Waals surface area contributed by atoms with Crippen molar-refractivity contribution in [1.82, 2.24) is 5.32 Å². The highest BCUT2D eigenvalue weighted by Gasteiger charge is 2.09. The van der Waals surface area contributed by atoms with Crippen LogP contribution in [-0.4, -0.2) is 30.1 Å². The van der Waals surface area contributed by atoms with Gasteiger partial charge in [0.25, 0.3) is 11.8 Å². The van der Waals surface area contributed by atoms with E-state index >= 15 is 0 Å². The Morgan fingerprint density at radius 3 is 2.43 bits per heavy atom. The molecule has 0 spiro atoms. The van der Waals surface area contributed by atoms with Gasteiger partial charge >= 0.3 is 0 Å². The molecule has 1 heterocycles. The summed E-state index contributed by atoms with van der Waals surface area (Å²) in [5, 5.41) is 15.7. The zero-order valence-electron chi connectivity index (χ0n) is 10.9. The first-order valence-corrected chi connectivity index (χ1v) is 7.82. The first-order valence-electron chi connectivity index (χ1n) is 6.14. The van der Waals surface area contributed by atoms with Gasteiger partial charge in [0.2, 0.25) is 0 Å². The molecule has 21 heavy (non-hydrogen) atoms. The minimum atomic E-state index is -0.260. The van der Waals surface area contributed by atoms with E-state index in [0.29, 0.717) is 16.8 Å². The third-order valence-electron chi connectivity index (χ3n) is 2.63. The summed E-state index contributed by atoms with van der Waals surface area (Å²) in [6.45, 7) is 0.112. The largest absolute Gasteiger partial charge is 0.395 e. The van der Waals surface area contributed by atoms with Crippen molar-refractivity contribution in [2.45, 2.75) is 0 Å². The van der Waals surface area contributed by atoms with Crippen molar-refractivity contribution in [3.8, 4) is 0 Å². The average Bonchev–Trinajstić information content (AvgIpc) is 2.92. The highest BCUT2D eigenvalue weighted by atomic mass is 79.9. The zero-order valence-corrected chi connectivity index (χ0v) is 13.3. The van der Waals surface area contributed by atoms with E-state index in [2.05, 4.69) is 26.6 Å². The molecule has 2 aromatic rings. The number of amides is 2. The first-order chi connectivity index (χ1) is 10.1. The Labute approximate surface area is 134 Å². The van der Waals surface area contributed by atoms with Gasteiger partial charge in [-0.15, -0.1) is 11.3 Å².